The van der Waals surface area contributed by atoms with Gasteiger partial charge < -0.3 is 10.4 Å². The molecule has 0 saturated heterocycles. The molecule has 1 unspecified atom stereocenters. The molecule has 2 atom stereocenters. The van der Waals surface area contributed by atoms with Crippen molar-refractivity contribution in [3.8, 4) is 5.75 Å². The zero-order chi connectivity index (χ0) is 23.7. The van der Waals surface area contributed by atoms with Gasteiger partial charge in [-0.3, -0.25) is 14.9 Å². The van der Waals surface area contributed by atoms with Gasteiger partial charge >= 0.3 is 0 Å². The van der Waals surface area contributed by atoms with Crippen molar-refractivity contribution in [2.24, 2.45) is 0 Å². The van der Waals surface area contributed by atoms with E-state index in [0.29, 0.717) is 16.3 Å². The highest BCUT2D eigenvalue weighted by Gasteiger charge is 2.22. The molecule has 0 radical (unpaired) electrons. The minimum Gasteiger partial charge on any atom is -0.502 e. The van der Waals surface area contributed by atoms with Gasteiger partial charge in [0.2, 0.25) is 0 Å². The molecular formula is C25H19ClF2N2O3. The molecule has 4 aromatic carbocycles. The standard InChI is InChI=1S/C25H19ClF2N2O3/c1-13(15-7-10-19(27)20(28)12-15)29-21(14-5-8-17(26)9-6-14)16-3-2-4-18(11-16)30-22-23(31)25(33)24(22)32/h2-13,21,29-31H,1H3/t13-,21?/m1/s1. The molecule has 0 saturated carbocycles. The summed E-state index contributed by atoms with van der Waals surface area (Å²) in [6.45, 7) is 1.83. The quantitative estimate of drug-likeness (QED) is 0.329. The Balaban J connectivity index is 1.68. The molecule has 0 aliphatic rings. The van der Waals surface area contributed by atoms with Crippen LogP contribution in [0.1, 0.15) is 35.7 Å². The summed E-state index contributed by atoms with van der Waals surface area (Å²) in [5, 5.41) is 16.4. The number of hydrogen-bond donors (Lipinski definition) is 3. The van der Waals surface area contributed by atoms with E-state index in [1.807, 2.05) is 25.1 Å². The van der Waals surface area contributed by atoms with Crippen LogP contribution in [-0.2, 0) is 0 Å². The number of nitrogens with one attached hydrogen (secondary N) is 2. The highest BCUT2D eigenvalue weighted by Crippen LogP contribution is 2.30. The lowest BCUT2D eigenvalue weighted by Gasteiger charge is -2.25. The van der Waals surface area contributed by atoms with Crippen molar-refractivity contribution in [1.82, 2.24) is 5.32 Å². The van der Waals surface area contributed by atoms with Crippen LogP contribution < -0.4 is 21.5 Å². The Morgan fingerprint density at radius 3 is 2.21 bits per heavy atom. The molecule has 0 bridgehead atoms. The maximum atomic E-state index is 13.8. The van der Waals surface area contributed by atoms with E-state index in [0.717, 1.165) is 23.3 Å². The molecule has 5 nitrogen and oxygen atoms in total. The summed E-state index contributed by atoms with van der Waals surface area (Å²) >= 11 is 6.04. The third-order valence-electron chi connectivity index (χ3n) is 5.44. The fourth-order valence-electron chi connectivity index (χ4n) is 3.60. The summed E-state index contributed by atoms with van der Waals surface area (Å²) in [6, 6.07) is 17.3. The van der Waals surface area contributed by atoms with Crippen molar-refractivity contribution >= 4 is 23.0 Å². The molecule has 0 aliphatic carbocycles. The van der Waals surface area contributed by atoms with Gasteiger partial charge in [-0.15, -0.1) is 0 Å². The predicted octanol–water partition coefficient (Wildman–Crippen LogP) is 5.10. The van der Waals surface area contributed by atoms with Crippen LogP contribution in [0.3, 0.4) is 0 Å². The maximum Gasteiger partial charge on any atom is 0.271 e. The second-order valence-electron chi connectivity index (χ2n) is 7.68. The van der Waals surface area contributed by atoms with E-state index in [1.54, 1.807) is 30.3 Å². The Hall–Kier alpha value is -3.55. The van der Waals surface area contributed by atoms with E-state index in [9.17, 15) is 23.5 Å². The zero-order valence-electron chi connectivity index (χ0n) is 17.4. The van der Waals surface area contributed by atoms with E-state index in [2.05, 4.69) is 10.6 Å². The van der Waals surface area contributed by atoms with Gasteiger partial charge in [0, 0.05) is 16.8 Å². The lowest BCUT2D eigenvalue weighted by atomic mass is 9.96. The van der Waals surface area contributed by atoms with Crippen molar-refractivity contribution in [3.05, 3.63) is 121 Å². The van der Waals surface area contributed by atoms with E-state index in [-0.39, 0.29) is 17.8 Å². The van der Waals surface area contributed by atoms with Crippen LogP contribution in [0.15, 0.2) is 76.3 Å². The highest BCUT2D eigenvalue weighted by atomic mass is 35.5. The fraction of sp³-hybridized carbons (Fsp3) is 0.120. The third kappa shape index (κ3) is 4.65. The number of aromatic hydroxyl groups is 1. The van der Waals surface area contributed by atoms with Crippen molar-refractivity contribution < 1.29 is 13.9 Å². The first kappa shape index (κ1) is 22.6. The fourth-order valence-corrected chi connectivity index (χ4v) is 3.73. The van der Waals surface area contributed by atoms with Crippen molar-refractivity contribution in [3.63, 3.8) is 0 Å². The molecule has 8 heteroatoms. The summed E-state index contributed by atoms with van der Waals surface area (Å²) < 4.78 is 27.1. The first-order valence-electron chi connectivity index (χ1n) is 10.1. The minimum absolute atomic E-state index is 0.150. The SMILES string of the molecule is C[C@@H](NC(c1ccc(Cl)cc1)c1cccc(Nc2c(O)c(=O)c2=O)c1)c1ccc(F)c(F)c1. The van der Waals surface area contributed by atoms with Crippen LogP contribution in [0.5, 0.6) is 5.75 Å². The molecule has 4 rings (SSSR count). The molecule has 3 N–H and O–H groups in total. The number of rotatable bonds is 7. The van der Waals surface area contributed by atoms with Gasteiger partial charge in [-0.05, 0) is 60.0 Å². The number of anilines is 2. The molecule has 0 amide bonds. The lowest BCUT2D eigenvalue weighted by molar-refractivity contribution is 0.466. The van der Waals surface area contributed by atoms with Crippen LogP contribution in [0.2, 0.25) is 5.02 Å². The largest absolute Gasteiger partial charge is 0.502 e. The highest BCUT2D eigenvalue weighted by molar-refractivity contribution is 6.30. The molecule has 0 heterocycles. The molecule has 168 valence electrons. The molecule has 0 spiro atoms. The Bertz CT molecular complexity index is 1380. The average molecular weight is 469 g/mol. The molecule has 4 aromatic rings. The smallest absolute Gasteiger partial charge is 0.271 e. The molecule has 0 aliphatic heterocycles. The molecular weight excluding hydrogens is 450 g/mol. The second-order valence-corrected chi connectivity index (χ2v) is 8.12. The van der Waals surface area contributed by atoms with E-state index in [1.165, 1.54) is 6.07 Å². The Morgan fingerprint density at radius 2 is 1.55 bits per heavy atom. The second kappa shape index (κ2) is 9.13. The summed E-state index contributed by atoms with van der Waals surface area (Å²) in [5.74, 6) is -2.44. The van der Waals surface area contributed by atoms with Crippen LogP contribution in [0.25, 0.3) is 0 Å². The van der Waals surface area contributed by atoms with Crippen molar-refractivity contribution in [1.29, 1.82) is 0 Å². The summed E-state index contributed by atoms with van der Waals surface area (Å²) in [5.41, 5.74) is 0.861. The van der Waals surface area contributed by atoms with E-state index >= 15 is 0 Å². The predicted molar refractivity (Wildman–Crippen MR) is 124 cm³/mol. The van der Waals surface area contributed by atoms with Crippen LogP contribution in [-0.4, -0.2) is 5.11 Å². The van der Waals surface area contributed by atoms with E-state index < -0.39 is 28.2 Å². The summed E-state index contributed by atoms with van der Waals surface area (Å²) in [4.78, 5) is 23.0. The van der Waals surface area contributed by atoms with Crippen LogP contribution in [0, 0.1) is 11.6 Å². The lowest BCUT2D eigenvalue weighted by Crippen LogP contribution is -2.32. The number of benzene rings is 3. The van der Waals surface area contributed by atoms with Crippen molar-refractivity contribution in [2.75, 3.05) is 5.32 Å². The Labute approximate surface area is 193 Å². The number of hydrogen-bond acceptors (Lipinski definition) is 5. The van der Waals surface area contributed by atoms with E-state index in [4.69, 9.17) is 11.6 Å². The number of halogens is 3. The van der Waals surface area contributed by atoms with Crippen LogP contribution in [0.4, 0.5) is 20.2 Å². The first-order chi connectivity index (χ1) is 15.7. The maximum absolute atomic E-state index is 13.8. The van der Waals surface area contributed by atoms with Gasteiger partial charge in [-0.25, -0.2) is 8.78 Å². The van der Waals surface area contributed by atoms with Gasteiger partial charge in [-0.1, -0.05) is 41.9 Å². The summed E-state index contributed by atoms with van der Waals surface area (Å²) in [7, 11) is 0. The summed E-state index contributed by atoms with van der Waals surface area (Å²) in [6.07, 6.45) is 0. The minimum atomic E-state index is -0.928. The molecule has 0 fully saturated rings. The third-order valence-corrected chi connectivity index (χ3v) is 5.69. The first-order valence-corrected chi connectivity index (χ1v) is 10.5. The van der Waals surface area contributed by atoms with Crippen LogP contribution >= 0.6 is 11.6 Å². The monoisotopic (exact) mass is 468 g/mol. The normalized spacial score (nSPS) is 13.1. The molecule has 0 aromatic heterocycles. The Morgan fingerprint density at radius 1 is 0.848 bits per heavy atom. The average Bonchev–Trinajstić information content (AvgIpc) is 2.82. The van der Waals surface area contributed by atoms with Gasteiger partial charge in [0.25, 0.3) is 10.9 Å². The van der Waals surface area contributed by atoms with Gasteiger partial charge in [0.05, 0.1) is 6.04 Å². The van der Waals surface area contributed by atoms with Gasteiger partial charge in [0.1, 0.15) is 5.69 Å². The topological polar surface area (TPSA) is 78.4 Å². The van der Waals surface area contributed by atoms with Crippen molar-refractivity contribution in [2.45, 2.75) is 19.0 Å². The Kier molecular flexibility index (Phi) is 6.26. The van der Waals surface area contributed by atoms with Gasteiger partial charge in [0.15, 0.2) is 17.4 Å². The van der Waals surface area contributed by atoms with Gasteiger partial charge in [-0.2, -0.15) is 0 Å². The zero-order valence-corrected chi connectivity index (χ0v) is 18.2. The molecule has 33 heavy (non-hydrogen) atoms.